The molecule has 0 saturated carbocycles. The highest BCUT2D eigenvalue weighted by molar-refractivity contribution is 5.87. The van der Waals surface area contributed by atoms with Gasteiger partial charge in [0.2, 0.25) is 11.9 Å². The maximum absolute atomic E-state index is 11.9. The molecule has 7 heteroatoms. The van der Waals surface area contributed by atoms with E-state index in [1.165, 1.54) is 0 Å². The number of fused-ring (bicyclic) bond motifs is 1. The van der Waals surface area contributed by atoms with E-state index < -0.39 is 0 Å². The van der Waals surface area contributed by atoms with Crippen molar-refractivity contribution in [3.05, 3.63) is 45.5 Å². The van der Waals surface area contributed by atoms with Crippen molar-refractivity contribution in [2.75, 3.05) is 11.9 Å². The zero-order chi connectivity index (χ0) is 17.3. The van der Waals surface area contributed by atoms with Crippen LogP contribution in [0.3, 0.4) is 0 Å². The van der Waals surface area contributed by atoms with Gasteiger partial charge < -0.3 is 4.74 Å². The molecule has 0 unspecified atom stereocenters. The molecule has 24 heavy (non-hydrogen) atoms. The van der Waals surface area contributed by atoms with Crippen molar-refractivity contribution in [3.63, 3.8) is 0 Å². The Balaban J connectivity index is 2.07. The van der Waals surface area contributed by atoms with Crippen LogP contribution in [0.5, 0.6) is 5.75 Å². The minimum absolute atomic E-state index is 0.183. The van der Waals surface area contributed by atoms with Gasteiger partial charge in [0.15, 0.2) is 0 Å². The lowest BCUT2D eigenvalue weighted by molar-refractivity contribution is 0.343. The first-order valence-electron chi connectivity index (χ1n) is 7.74. The molecule has 3 rings (SSSR count). The van der Waals surface area contributed by atoms with Crippen LogP contribution in [0.4, 0.5) is 11.9 Å². The molecule has 2 aromatic heterocycles. The number of benzene rings is 1. The van der Waals surface area contributed by atoms with Gasteiger partial charge in [-0.25, -0.2) is 15.0 Å². The van der Waals surface area contributed by atoms with Crippen molar-refractivity contribution in [1.29, 1.82) is 0 Å². The summed E-state index contributed by atoms with van der Waals surface area (Å²) in [4.78, 5) is 27.8. The first-order valence-corrected chi connectivity index (χ1v) is 7.74. The molecule has 3 aromatic rings. The van der Waals surface area contributed by atoms with Crippen LogP contribution in [0, 0.1) is 20.8 Å². The van der Waals surface area contributed by atoms with Crippen LogP contribution in [-0.4, -0.2) is 26.5 Å². The molecule has 0 radical (unpaired) electrons. The second kappa shape index (κ2) is 6.27. The number of ether oxygens (including phenoxy) is 1. The van der Waals surface area contributed by atoms with E-state index in [1.54, 1.807) is 13.8 Å². The van der Waals surface area contributed by atoms with Gasteiger partial charge in [-0.1, -0.05) is 12.1 Å². The number of nitrogens with zero attached hydrogens (tertiary/aromatic N) is 3. The van der Waals surface area contributed by atoms with Gasteiger partial charge in [0, 0.05) is 16.6 Å². The summed E-state index contributed by atoms with van der Waals surface area (Å²) in [6.45, 7) is 7.90. The summed E-state index contributed by atoms with van der Waals surface area (Å²) in [7, 11) is 0. The van der Waals surface area contributed by atoms with Gasteiger partial charge in [0.1, 0.15) is 11.3 Å². The normalized spacial score (nSPS) is 10.8. The number of rotatable bonds is 4. The quantitative estimate of drug-likeness (QED) is 0.766. The number of anilines is 2. The van der Waals surface area contributed by atoms with Crippen molar-refractivity contribution >= 4 is 22.8 Å². The summed E-state index contributed by atoms with van der Waals surface area (Å²) in [5.74, 6) is 1.37. The summed E-state index contributed by atoms with van der Waals surface area (Å²) in [5, 5.41) is 3.89. The average Bonchev–Trinajstić information content (AvgIpc) is 2.53. The summed E-state index contributed by atoms with van der Waals surface area (Å²) in [6.07, 6.45) is 0. The van der Waals surface area contributed by atoms with Crippen LogP contribution in [0.15, 0.2) is 23.0 Å². The first kappa shape index (κ1) is 15.9. The fourth-order valence-corrected chi connectivity index (χ4v) is 2.42. The van der Waals surface area contributed by atoms with Crippen LogP contribution in [0.1, 0.15) is 23.9 Å². The van der Waals surface area contributed by atoms with Gasteiger partial charge in [-0.3, -0.25) is 15.1 Å². The molecule has 0 aliphatic carbocycles. The summed E-state index contributed by atoms with van der Waals surface area (Å²) in [6, 6.07) is 5.74. The fraction of sp³-hybridized carbons (Fsp3) is 0.294. The van der Waals surface area contributed by atoms with E-state index in [1.807, 2.05) is 32.0 Å². The maximum atomic E-state index is 11.9. The van der Waals surface area contributed by atoms with Crippen LogP contribution >= 0.6 is 0 Å². The van der Waals surface area contributed by atoms with Crippen LogP contribution in [0.2, 0.25) is 0 Å². The molecule has 2 N–H and O–H groups in total. The minimum Gasteiger partial charge on any atom is -0.492 e. The van der Waals surface area contributed by atoms with Crippen molar-refractivity contribution in [2.45, 2.75) is 27.7 Å². The van der Waals surface area contributed by atoms with Crippen LogP contribution in [-0.2, 0) is 0 Å². The van der Waals surface area contributed by atoms with Crippen LogP contribution in [0.25, 0.3) is 10.9 Å². The molecule has 0 bridgehead atoms. The van der Waals surface area contributed by atoms with Crippen molar-refractivity contribution in [1.82, 2.24) is 19.9 Å². The van der Waals surface area contributed by atoms with Gasteiger partial charge in [-0.2, -0.15) is 0 Å². The third kappa shape index (κ3) is 2.92. The minimum atomic E-state index is -0.183. The maximum Gasteiger partial charge on any atom is 0.255 e. The van der Waals surface area contributed by atoms with Crippen LogP contribution < -0.4 is 15.6 Å². The Morgan fingerprint density at radius 3 is 2.62 bits per heavy atom. The van der Waals surface area contributed by atoms with E-state index >= 15 is 0 Å². The van der Waals surface area contributed by atoms with Crippen molar-refractivity contribution in [3.8, 4) is 5.75 Å². The van der Waals surface area contributed by atoms with Gasteiger partial charge in [0.05, 0.1) is 12.3 Å². The lowest BCUT2D eigenvalue weighted by Gasteiger charge is -2.11. The molecule has 124 valence electrons. The Labute approximate surface area is 139 Å². The average molecular weight is 325 g/mol. The smallest absolute Gasteiger partial charge is 0.255 e. The van der Waals surface area contributed by atoms with Gasteiger partial charge in [-0.15, -0.1) is 0 Å². The Morgan fingerprint density at radius 1 is 1.12 bits per heavy atom. The first-order chi connectivity index (χ1) is 11.5. The largest absolute Gasteiger partial charge is 0.492 e. The number of hydrogen-bond acceptors (Lipinski definition) is 6. The molecule has 0 saturated heterocycles. The molecule has 0 amide bonds. The number of hydrogen-bond donors (Lipinski definition) is 2. The topological polar surface area (TPSA) is 92.8 Å². The van der Waals surface area contributed by atoms with Gasteiger partial charge in [0.25, 0.3) is 5.56 Å². The molecule has 0 atom stereocenters. The van der Waals surface area contributed by atoms with E-state index in [4.69, 9.17) is 4.74 Å². The third-order valence-corrected chi connectivity index (χ3v) is 3.80. The predicted molar refractivity (Wildman–Crippen MR) is 93.1 cm³/mol. The summed E-state index contributed by atoms with van der Waals surface area (Å²) >= 11 is 0. The highest BCUT2D eigenvalue weighted by Gasteiger charge is 2.11. The lowest BCUT2D eigenvalue weighted by Crippen LogP contribution is -2.16. The molecule has 7 nitrogen and oxygen atoms in total. The molecule has 0 fully saturated rings. The third-order valence-electron chi connectivity index (χ3n) is 3.80. The second-order valence-corrected chi connectivity index (χ2v) is 5.47. The standard InChI is InChI=1S/C17H19N5O2/c1-5-24-13-8-6-7-12-11(4)19-16(20-14(12)13)22-17-18-10(3)9(2)15(23)21-17/h6-8H,5H2,1-4H3,(H2,18,19,20,21,22,23). The molecule has 0 spiro atoms. The zero-order valence-electron chi connectivity index (χ0n) is 14.1. The highest BCUT2D eigenvalue weighted by atomic mass is 16.5. The lowest BCUT2D eigenvalue weighted by atomic mass is 10.2. The van der Waals surface area contributed by atoms with E-state index in [0.717, 1.165) is 16.6 Å². The highest BCUT2D eigenvalue weighted by Crippen LogP contribution is 2.27. The zero-order valence-corrected chi connectivity index (χ0v) is 14.1. The van der Waals surface area contributed by atoms with E-state index in [0.29, 0.717) is 35.5 Å². The SMILES string of the molecule is CCOc1cccc2c(C)nc(Nc3nc(C)c(C)c(=O)[nH]3)nc12. The molecular formula is C17H19N5O2. The number of nitrogens with one attached hydrogen (secondary N) is 2. The number of aromatic nitrogens is 4. The van der Waals surface area contributed by atoms with E-state index in [-0.39, 0.29) is 5.56 Å². The van der Waals surface area contributed by atoms with E-state index in [2.05, 4.69) is 25.3 Å². The Morgan fingerprint density at radius 2 is 1.92 bits per heavy atom. The molecule has 1 aromatic carbocycles. The van der Waals surface area contributed by atoms with Crippen molar-refractivity contribution in [2.24, 2.45) is 0 Å². The Kier molecular flexibility index (Phi) is 4.16. The molecular weight excluding hydrogens is 306 g/mol. The molecule has 2 heterocycles. The predicted octanol–water partition coefficient (Wildman–Crippen LogP) is 2.78. The van der Waals surface area contributed by atoms with Gasteiger partial charge >= 0.3 is 0 Å². The number of aryl methyl sites for hydroxylation is 2. The Hall–Kier alpha value is -2.96. The Bertz CT molecular complexity index is 965. The number of H-pyrrole nitrogens is 1. The molecule has 0 aliphatic heterocycles. The monoisotopic (exact) mass is 325 g/mol. The van der Waals surface area contributed by atoms with Crippen molar-refractivity contribution < 1.29 is 4.74 Å². The van der Waals surface area contributed by atoms with E-state index in [9.17, 15) is 4.79 Å². The summed E-state index contributed by atoms with van der Waals surface area (Å²) in [5.41, 5.74) is 2.61. The molecule has 0 aliphatic rings. The fourth-order valence-electron chi connectivity index (χ4n) is 2.42. The number of para-hydroxylation sites is 1. The summed E-state index contributed by atoms with van der Waals surface area (Å²) < 4.78 is 5.64. The van der Waals surface area contributed by atoms with Gasteiger partial charge in [-0.05, 0) is 33.8 Å². The second-order valence-electron chi connectivity index (χ2n) is 5.47. The number of aromatic amines is 1.